The summed E-state index contributed by atoms with van der Waals surface area (Å²) >= 11 is 0. The van der Waals surface area contributed by atoms with Gasteiger partial charge in [-0.2, -0.15) is 0 Å². The minimum absolute atomic E-state index is 0.500. The van der Waals surface area contributed by atoms with Crippen LogP contribution >= 0.6 is 0 Å². The van der Waals surface area contributed by atoms with Crippen LogP contribution in [0.3, 0.4) is 0 Å². The minimum Gasteiger partial charge on any atom is -0.353 e. The predicted molar refractivity (Wildman–Crippen MR) is 55.6 cm³/mol. The smallest absolute Gasteiger partial charge is 0.146 e. The zero-order valence-corrected chi connectivity index (χ0v) is 9.25. The molecule has 1 heterocycles. The lowest BCUT2D eigenvalue weighted by Gasteiger charge is -1.95. The van der Waals surface area contributed by atoms with Crippen LogP contribution in [0.4, 0.5) is 0 Å². The van der Waals surface area contributed by atoms with Crippen LogP contribution in [0, 0.1) is 11.8 Å². The largest absolute Gasteiger partial charge is 0.353 e. The van der Waals surface area contributed by atoms with Gasteiger partial charge in [-0.25, -0.2) is 0 Å². The lowest BCUT2D eigenvalue weighted by atomic mass is 10.1. The molecule has 0 unspecified atom stereocenters. The molecular formula is C11H22O2. The van der Waals surface area contributed by atoms with Crippen molar-refractivity contribution in [1.82, 2.24) is 0 Å². The Morgan fingerprint density at radius 3 is 1.38 bits per heavy atom. The van der Waals surface area contributed by atoms with Gasteiger partial charge in [-0.1, -0.05) is 39.8 Å². The van der Waals surface area contributed by atoms with Gasteiger partial charge in [-0.15, -0.1) is 0 Å². The van der Waals surface area contributed by atoms with Crippen molar-refractivity contribution in [3.8, 4) is 0 Å². The topological polar surface area (TPSA) is 18.5 Å². The highest BCUT2D eigenvalue weighted by molar-refractivity contribution is 4.86. The van der Waals surface area contributed by atoms with Crippen molar-refractivity contribution in [2.24, 2.45) is 11.8 Å². The highest BCUT2D eigenvalue weighted by Gasteiger charge is 1.93. The SMILES string of the molecule is C1COCO1.CC(C)C=CC(C)C. The molecular weight excluding hydrogens is 164 g/mol. The van der Waals surface area contributed by atoms with Crippen LogP contribution in [0.25, 0.3) is 0 Å². The van der Waals surface area contributed by atoms with E-state index < -0.39 is 0 Å². The maximum atomic E-state index is 4.72. The standard InChI is InChI=1S/C8H16.C3H6O2/c1-7(2)5-6-8(3)4;1-2-5-3-4-1/h5-8H,1-4H3;1-3H2. The zero-order chi connectivity index (χ0) is 10.1. The van der Waals surface area contributed by atoms with Crippen molar-refractivity contribution in [2.75, 3.05) is 20.0 Å². The normalized spacial score (nSPS) is 16.8. The van der Waals surface area contributed by atoms with E-state index in [1.165, 1.54) is 0 Å². The van der Waals surface area contributed by atoms with Gasteiger partial charge in [-0.05, 0) is 11.8 Å². The van der Waals surface area contributed by atoms with Crippen molar-refractivity contribution in [2.45, 2.75) is 27.7 Å². The molecule has 0 spiro atoms. The average Bonchev–Trinajstić information content (AvgIpc) is 2.57. The van der Waals surface area contributed by atoms with Gasteiger partial charge in [0.25, 0.3) is 0 Å². The second-order valence-electron chi connectivity index (χ2n) is 3.81. The van der Waals surface area contributed by atoms with Crippen molar-refractivity contribution in [1.29, 1.82) is 0 Å². The Kier molecular flexibility index (Phi) is 8.05. The van der Waals surface area contributed by atoms with Crippen molar-refractivity contribution in [3.05, 3.63) is 12.2 Å². The Bertz CT molecular complexity index is 106. The second kappa shape index (κ2) is 8.27. The summed E-state index contributed by atoms with van der Waals surface area (Å²) in [6, 6.07) is 0. The summed E-state index contributed by atoms with van der Waals surface area (Å²) in [7, 11) is 0. The summed E-state index contributed by atoms with van der Waals surface area (Å²) < 4.78 is 9.44. The van der Waals surface area contributed by atoms with Gasteiger partial charge < -0.3 is 9.47 Å². The van der Waals surface area contributed by atoms with Crippen LogP contribution in [0.15, 0.2) is 12.2 Å². The van der Waals surface area contributed by atoms with Crippen LogP contribution in [0.5, 0.6) is 0 Å². The molecule has 0 aromatic rings. The van der Waals surface area contributed by atoms with Gasteiger partial charge in [0.05, 0.1) is 13.2 Å². The van der Waals surface area contributed by atoms with Gasteiger partial charge in [0, 0.05) is 0 Å². The number of ether oxygens (including phenoxy) is 2. The lowest BCUT2D eigenvalue weighted by molar-refractivity contribution is 0.0692. The Morgan fingerprint density at radius 2 is 1.23 bits per heavy atom. The number of allylic oxidation sites excluding steroid dienone is 2. The van der Waals surface area contributed by atoms with Crippen LogP contribution in [0.2, 0.25) is 0 Å². The van der Waals surface area contributed by atoms with E-state index in [9.17, 15) is 0 Å². The fourth-order valence-corrected chi connectivity index (χ4v) is 0.739. The minimum atomic E-state index is 0.500. The third-order valence-electron chi connectivity index (χ3n) is 1.42. The number of rotatable bonds is 2. The first-order chi connectivity index (χ1) is 6.13. The van der Waals surface area contributed by atoms with E-state index in [0.717, 1.165) is 13.2 Å². The third kappa shape index (κ3) is 11.7. The molecule has 1 rings (SSSR count). The number of hydrogen-bond donors (Lipinski definition) is 0. The maximum absolute atomic E-state index is 4.72. The van der Waals surface area contributed by atoms with E-state index >= 15 is 0 Å². The van der Waals surface area contributed by atoms with Gasteiger partial charge >= 0.3 is 0 Å². The third-order valence-corrected chi connectivity index (χ3v) is 1.42. The Balaban J connectivity index is 0.000000243. The molecule has 0 amide bonds. The molecule has 13 heavy (non-hydrogen) atoms. The van der Waals surface area contributed by atoms with Crippen LogP contribution in [-0.2, 0) is 9.47 Å². The Morgan fingerprint density at radius 1 is 0.846 bits per heavy atom. The highest BCUT2D eigenvalue weighted by atomic mass is 16.7. The fraction of sp³-hybridized carbons (Fsp3) is 0.818. The van der Waals surface area contributed by atoms with E-state index in [1.807, 2.05) is 0 Å². The molecule has 2 nitrogen and oxygen atoms in total. The van der Waals surface area contributed by atoms with Crippen molar-refractivity contribution >= 4 is 0 Å². The van der Waals surface area contributed by atoms with Crippen LogP contribution in [-0.4, -0.2) is 20.0 Å². The van der Waals surface area contributed by atoms with Gasteiger partial charge in [0.2, 0.25) is 0 Å². The lowest BCUT2D eigenvalue weighted by Crippen LogP contribution is -1.81. The molecule has 0 aliphatic carbocycles. The molecule has 1 aliphatic rings. The predicted octanol–water partition coefficient (Wildman–Crippen LogP) is 2.85. The van der Waals surface area contributed by atoms with E-state index in [2.05, 4.69) is 39.8 Å². The monoisotopic (exact) mass is 186 g/mol. The first-order valence-corrected chi connectivity index (χ1v) is 4.96. The van der Waals surface area contributed by atoms with Crippen molar-refractivity contribution < 1.29 is 9.47 Å². The molecule has 0 bridgehead atoms. The van der Waals surface area contributed by atoms with E-state index in [1.54, 1.807) is 0 Å². The molecule has 0 aromatic carbocycles. The molecule has 1 aliphatic heterocycles. The van der Waals surface area contributed by atoms with Gasteiger partial charge in [0.15, 0.2) is 0 Å². The van der Waals surface area contributed by atoms with Gasteiger partial charge in [0.1, 0.15) is 6.79 Å². The van der Waals surface area contributed by atoms with Crippen molar-refractivity contribution in [3.63, 3.8) is 0 Å². The van der Waals surface area contributed by atoms with E-state index in [-0.39, 0.29) is 0 Å². The van der Waals surface area contributed by atoms with Crippen LogP contribution < -0.4 is 0 Å². The molecule has 0 N–H and O–H groups in total. The molecule has 0 aromatic heterocycles. The molecule has 0 atom stereocenters. The summed E-state index contributed by atoms with van der Waals surface area (Å²) in [5, 5.41) is 0. The Labute approximate surface area is 81.9 Å². The highest BCUT2D eigenvalue weighted by Crippen LogP contribution is 1.99. The Hall–Kier alpha value is -0.340. The number of hydrogen-bond acceptors (Lipinski definition) is 2. The summed E-state index contributed by atoms with van der Waals surface area (Å²) in [4.78, 5) is 0. The quantitative estimate of drug-likeness (QED) is 0.617. The molecule has 1 fully saturated rings. The summed E-state index contributed by atoms with van der Waals surface area (Å²) in [5.41, 5.74) is 0. The fourth-order valence-electron chi connectivity index (χ4n) is 0.739. The zero-order valence-electron chi connectivity index (χ0n) is 9.25. The summed E-state index contributed by atoms with van der Waals surface area (Å²) in [6.45, 7) is 10.8. The molecule has 0 saturated carbocycles. The van der Waals surface area contributed by atoms with E-state index in [0.29, 0.717) is 18.6 Å². The van der Waals surface area contributed by atoms with Crippen LogP contribution in [0.1, 0.15) is 27.7 Å². The molecule has 2 heteroatoms. The summed E-state index contributed by atoms with van der Waals surface area (Å²) in [6.07, 6.45) is 4.48. The van der Waals surface area contributed by atoms with Gasteiger partial charge in [-0.3, -0.25) is 0 Å². The summed E-state index contributed by atoms with van der Waals surface area (Å²) in [5.74, 6) is 1.41. The molecule has 78 valence electrons. The first kappa shape index (κ1) is 12.7. The molecule has 1 saturated heterocycles. The first-order valence-electron chi connectivity index (χ1n) is 4.96. The van der Waals surface area contributed by atoms with E-state index in [4.69, 9.17) is 9.47 Å². The average molecular weight is 186 g/mol. The maximum Gasteiger partial charge on any atom is 0.146 e. The second-order valence-corrected chi connectivity index (χ2v) is 3.81. The molecule has 0 radical (unpaired) electrons.